The van der Waals surface area contributed by atoms with Gasteiger partial charge in [-0.15, -0.1) is 0 Å². The number of rotatable bonds is 3. The molecule has 2 nitrogen and oxygen atoms in total. The second kappa shape index (κ2) is 6.07. The van der Waals surface area contributed by atoms with Gasteiger partial charge in [0.2, 0.25) is 6.41 Å². The van der Waals surface area contributed by atoms with Crippen LogP contribution in [0.1, 0.15) is 27.7 Å². The third-order valence-electron chi connectivity index (χ3n) is 1.08. The summed E-state index contributed by atoms with van der Waals surface area (Å²) in [4.78, 5) is 9.62. The van der Waals surface area contributed by atoms with E-state index in [1.165, 1.54) is 6.92 Å². The molecule has 0 saturated carbocycles. The lowest BCUT2D eigenvalue weighted by molar-refractivity contribution is -0.113. The van der Waals surface area contributed by atoms with Crippen molar-refractivity contribution in [2.24, 2.45) is 0 Å². The average Bonchev–Trinajstić information content (AvgIpc) is 1.91. The fourth-order valence-corrected chi connectivity index (χ4v) is 0.248. The van der Waals surface area contributed by atoms with E-state index in [1.807, 2.05) is 19.2 Å². The van der Waals surface area contributed by atoms with Crippen LogP contribution >= 0.6 is 0 Å². The standard InChI is InChI=1S/C5H9F2NO.C2H6/c1-4(8-3-9)5(2,6)7;1-2/h3-4H,1-2H3,(H,8,9);1-2H3. The zero-order valence-electron chi connectivity index (χ0n) is 7.32. The molecule has 0 spiro atoms. The molecule has 0 aliphatic heterocycles. The Hall–Kier alpha value is -0.670. The third kappa shape index (κ3) is 7.22. The normalized spacial score (nSPS) is 12.5. The van der Waals surface area contributed by atoms with Crippen LogP contribution in [0, 0.1) is 0 Å². The minimum absolute atomic E-state index is 0.266. The fraction of sp³-hybridized carbons (Fsp3) is 0.857. The predicted molar refractivity (Wildman–Crippen MR) is 40.6 cm³/mol. The molecule has 4 heteroatoms. The van der Waals surface area contributed by atoms with Gasteiger partial charge in [0.25, 0.3) is 5.92 Å². The van der Waals surface area contributed by atoms with Gasteiger partial charge in [-0.3, -0.25) is 4.79 Å². The Labute approximate surface area is 66.0 Å². The van der Waals surface area contributed by atoms with Gasteiger partial charge in [0.15, 0.2) is 0 Å². The van der Waals surface area contributed by atoms with E-state index in [4.69, 9.17) is 0 Å². The first-order valence-electron chi connectivity index (χ1n) is 3.56. The molecule has 0 aromatic carbocycles. The smallest absolute Gasteiger partial charge is 0.264 e. The number of amides is 1. The minimum Gasteiger partial charge on any atom is -0.350 e. The highest BCUT2D eigenvalue weighted by atomic mass is 19.3. The predicted octanol–water partition coefficient (Wildman–Crippen LogP) is 1.80. The first-order chi connectivity index (χ1) is 4.98. The van der Waals surface area contributed by atoms with Crippen molar-refractivity contribution in [2.75, 3.05) is 0 Å². The van der Waals surface area contributed by atoms with E-state index >= 15 is 0 Å². The van der Waals surface area contributed by atoms with Gasteiger partial charge in [0.1, 0.15) is 0 Å². The summed E-state index contributed by atoms with van der Waals surface area (Å²) in [7, 11) is 0. The van der Waals surface area contributed by atoms with Gasteiger partial charge in [0, 0.05) is 6.92 Å². The zero-order chi connectivity index (χ0) is 9.49. The SMILES string of the molecule is CC.CC(NC=O)C(C)(F)F. The van der Waals surface area contributed by atoms with Crippen LogP contribution in [-0.2, 0) is 4.79 Å². The van der Waals surface area contributed by atoms with Crippen LogP contribution in [-0.4, -0.2) is 18.4 Å². The highest BCUT2D eigenvalue weighted by Gasteiger charge is 2.29. The highest BCUT2D eigenvalue weighted by molar-refractivity contribution is 5.46. The van der Waals surface area contributed by atoms with Crippen LogP contribution in [0.2, 0.25) is 0 Å². The van der Waals surface area contributed by atoms with E-state index in [2.05, 4.69) is 0 Å². The molecule has 0 heterocycles. The lowest BCUT2D eigenvalue weighted by Crippen LogP contribution is -2.39. The number of alkyl halides is 2. The second-order valence-corrected chi connectivity index (χ2v) is 1.96. The van der Waals surface area contributed by atoms with Crippen molar-refractivity contribution in [3.05, 3.63) is 0 Å². The summed E-state index contributed by atoms with van der Waals surface area (Å²) < 4.78 is 24.2. The highest BCUT2D eigenvalue weighted by Crippen LogP contribution is 2.15. The van der Waals surface area contributed by atoms with Crippen LogP contribution in [0.25, 0.3) is 0 Å². The third-order valence-corrected chi connectivity index (χ3v) is 1.08. The maximum atomic E-state index is 12.1. The van der Waals surface area contributed by atoms with Crippen LogP contribution in [0.4, 0.5) is 8.78 Å². The number of carbonyl (C=O) groups excluding carboxylic acids is 1. The summed E-state index contributed by atoms with van der Waals surface area (Å²) in [5.41, 5.74) is 0. The molecule has 0 fully saturated rings. The van der Waals surface area contributed by atoms with Gasteiger partial charge in [-0.05, 0) is 6.92 Å². The summed E-state index contributed by atoms with van der Waals surface area (Å²) in [6, 6.07) is -1.09. The van der Waals surface area contributed by atoms with Crippen molar-refractivity contribution in [2.45, 2.75) is 39.7 Å². The molecule has 0 radical (unpaired) electrons. The summed E-state index contributed by atoms with van der Waals surface area (Å²) >= 11 is 0. The van der Waals surface area contributed by atoms with Crippen molar-refractivity contribution in [3.8, 4) is 0 Å². The topological polar surface area (TPSA) is 29.1 Å². The van der Waals surface area contributed by atoms with Crippen LogP contribution in [0.5, 0.6) is 0 Å². The van der Waals surface area contributed by atoms with Gasteiger partial charge in [0.05, 0.1) is 6.04 Å². The molecule has 1 amide bonds. The van der Waals surface area contributed by atoms with Crippen molar-refractivity contribution in [1.29, 1.82) is 0 Å². The molecular formula is C7H15F2NO. The van der Waals surface area contributed by atoms with Crippen molar-refractivity contribution < 1.29 is 13.6 Å². The minimum atomic E-state index is -2.83. The number of carbonyl (C=O) groups is 1. The summed E-state index contributed by atoms with van der Waals surface area (Å²) in [5.74, 6) is -2.83. The Morgan fingerprint density at radius 3 is 1.91 bits per heavy atom. The van der Waals surface area contributed by atoms with Crippen molar-refractivity contribution in [1.82, 2.24) is 5.32 Å². The van der Waals surface area contributed by atoms with E-state index in [-0.39, 0.29) is 6.41 Å². The maximum Gasteiger partial charge on any atom is 0.264 e. The molecule has 0 saturated heterocycles. The van der Waals surface area contributed by atoms with Crippen LogP contribution in [0.15, 0.2) is 0 Å². The molecule has 1 unspecified atom stereocenters. The number of hydrogen-bond donors (Lipinski definition) is 1. The molecule has 0 aliphatic rings. The first kappa shape index (κ1) is 13.0. The van der Waals surface area contributed by atoms with Gasteiger partial charge in [-0.2, -0.15) is 0 Å². The van der Waals surface area contributed by atoms with Crippen LogP contribution in [0.3, 0.4) is 0 Å². The number of nitrogens with one attached hydrogen (secondary N) is 1. The van der Waals surface area contributed by atoms with Gasteiger partial charge < -0.3 is 5.32 Å². The summed E-state index contributed by atoms with van der Waals surface area (Å²) in [6.07, 6.45) is 0.266. The van der Waals surface area contributed by atoms with Crippen molar-refractivity contribution in [3.63, 3.8) is 0 Å². The Kier molecular flexibility index (Phi) is 7.15. The first-order valence-corrected chi connectivity index (χ1v) is 3.56. The van der Waals surface area contributed by atoms with E-state index < -0.39 is 12.0 Å². The second-order valence-electron chi connectivity index (χ2n) is 1.96. The lowest BCUT2D eigenvalue weighted by atomic mass is 10.2. The largest absolute Gasteiger partial charge is 0.350 e. The Bertz CT molecular complexity index is 101. The summed E-state index contributed by atoms with van der Waals surface area (Å²) in [6.45, 7) is 6.00. The van der Waals surface area contributed by atoms with Crippen LogP contribution < -0.4 is 5.32 Å². The maximum absolute atomic E-state index is 12.1. The molecule has 0 rings (SSSR count). The monoisotopic (exact) mass is 167 g/mol. The molecule has 0 aliphatic carbocycles. The fourth-order valence-electron chi connectivity index (χ4n) is 0.248. The van der Waals surface area contributed by atoms with E-state index in [9.17, 15) is 13.6 Å². The van der Waals surface area contributed by atoms with Gasteiger partial charge in [-0.25, -0.2) is 8.78 Å². The number of hydrogen-bond acceptors (Lipinski definition) is 1. The summed E-state index contributed by atoms with van der Waals surface area (Å²) in [5, 5.41) is 1.95. The lowest BCUT2D eigenvalue weighted by Gasteiger charge is -2.17. The Morgan fingerprint density at radius 1 is 1.45 bits per heavy atom. The molecule has 11 heavy (non-hydrogen) atoms. The zero-order valence-corrected chi connectivity index (χ0v) is 7.32. The molecule has 1 atom stereocenters. The molecule has 0 aromatic rings. The molecule has 0 aromatic heterocycles. The molecule has 1 N–H and O–H groups in total. The van der Waals surface area contributed by atoms with E-state index in [0.717, 1.165) is 6.92 Å². The molecule has 68 valence electrons. The average molecular weight is 167 g/mol. The van der Waals surface area contributed by atoms with Gasteiger partial charge >= 0.3 is 0 Å². The van der Waals surface area contributed by atoms with E-state index in [1.54, 1.807) is 0 Å². The van der Waals surface area contributed by atoms with Crippen molar-refractivity contribution >= 4 is 6.41 Å². The van der Waals surface area contributed by atoms with Gasteiger partial charge in [-0.1, -0.05) is 13.8 Å². The number of halogens is 2. The Morgan fingerprint density at radius 2 is 1.82 bits per heavy atom. The molecular weight excluding hydrogens is 152 g/mol. The Balaban J connectivity index is 0. The van der Waals surface area contributed by atoms with E-state index in [0.29, 0.717) is 0 Å². The quantitative estimate of drug-likeness (QED) is 0.638. The molecule has 0 bridgehead atoms.